The van der Waals surface area contributed by atoms with Gasteiger partial charge in [0.05, 0.1) is 0 Å². The first kappa shape index (κ1) is 14.0. The highest BCUT2D eigenvalue weighted by molar-refractivity contribution is 8.03. The molecule has 1 heterocycles. The first-order chi connectivity index (χ1) is 9.69. The van der Waals surface area contributed by atoms with Crippen molar-refractivity contribution >= 4 is 45.7 Å². The number of nitrogens with zero attached hydrogens (tertiary/aromatic N) is 2. The normalized spacial score (nSPS) is 9.55. The van der Waals surface area contributed by atoms with Gasteiger partial charge in [0.2, 0.25) is 0 Å². The monoisotopic (exact) mass is 304 g/mol. The number of thiazole rings is 1. The number of nitriles is 1. The number of hydrogen-bond donors (Lipinski definition) is 2. The van der Waals surface area contributed by atoms with Gasteiger partial charge in [-0.05, 0) is 36.0 Å². The summed E-state index contributed by atoms with van der Waals surface area (Å²) >= 11 is 2.24. The van der Waals surface area contributed by atoms with Crippen molar-refractivity contribution in [3.05, 3.63) is 35.8 Å². The van der Waals surface area contributed by atoms with Gasteiger partial charge in [0.1, 0.15) is 5.40 Å². The first-order valence-electron chi connectivity index (χ1n) is 5.37. The molecular formula is C12H8N4O2S2. The standard InChI is InChI=1S/C12H8N4O2S2/c13-7-20-9-3-1-8(2-4-9)15-10(17)11(18)16-12-14-5-6-19-12/h1-6H,(H,15,17)(H,14,16,18). The molecule has 0 spiro atoms. The van der Waals surface area contributed by atoms with Crippen LogP contribution in [0, 0.1) is 10.7 Å². The summed E-state index contributed by atoms with van der Waals surface area (Å²) in [6, 6.07) is 6.60. The second kappa shape index (κ2) is 6.70. The molecule has 0 aliphatic heterocycles. The molecule has 0 saturated carbocycles. The van der Waals surface area contributed by atoms with E-state index in [0.29, 0.717) is 10.8 Å². The zero-order chi connectivity index (χ0) is 14.4. The fraction of sp³-hybridized carbons (Fsp3) is 0. The highest BCUT2D eigenvalue weighted by Crippen LogP contribution is 2.19. The van der Waals surface area contributed by atoms with Gasteiger partial charge in [-0.3, -0.25) is 14.9 Å². The summed E-state index contributed by atoms with van der Waals surface area (Å²) in [6.45, 7) is 0. The van der Waals surface area contributed by atoms with Crippen LogP contribution in [0.2, 0.25) is 0 Å². The molecule has 1 aromatic carbocycles. The summed E-state index contributed by atoms with van der Waals surface area (Å²) in [5, 5.41) is 17.4. The lowest BCUT2D eigenvalue weighted by Gasteiger charge is -2.05. The number of amides is 2. The molecule has 20 heavy (non-hydrogen) atoms. The van der Waals surface area contributed by atoms with Crippen LogP contribution in [0.15, 0.2) is 40.7 Å². The first-order valence-corrected chi connectivity index (χ1v) is 7.06. The molecule has 100 valence electrons. The van der Waals surface area contributed by atoms with Crippen LogP contribution in [-0.4, -0.2) is 16.8 Å². The SMILES string of the molecule is N#CSc1ccc(NC(=O)C(=O)Nc2nccs2)cc1. The lowest BCUT2D eigenvalue weighted by Crippen LogP contribution is -2.28. The number of carbonyl (C=O) groups is 2. The molecule has 2 amide bonds. The minimum atomic E-state index is -0.782. The molecular weight excluding hydrogens is 296 g/mol. The van der Waals surface area contributed by atoms with Crippen molar-refractivity contribution in [2.45, 2.75) is 4.90 Å². The van der Waals surface area contributed by atoms with Crippen molar-refractivity contribution in [2.24, 2.45) is 0 Å². The highest BCUT2D eigenvalue weighted by atomic mass is 32.2. The Kier molecular flexibility index (Phi) is 4.70. The maximum Gasteiger partial charge on any atom is 0.315 e. The predicted molar refractivity (Wildman–Crippen MR) is 77.3 cm³/mol. The molecule has 8 heteroatoms. The Hall–Kier alpha value is -2.37. The van der Waals surface area contributed by atoms with Crippen LogP contribution in [0.3, 0.4) is 0 Å². The Morgan fingerprint density at radius 3 is 2.50 bits per heavy atom. The smallest absolute Gasteiger partial charge is 0.315 e. The summed E-state index contributed by atoms with van der Waals surface area (Å²) < 4.78 is 0. The molecule has 1 aromatic heterocycles. The number of aromatic nitrogens is 1. The van der Waals surface area contributed by atoms with Gasteiger partial charge in [0, 0.05) is 22.2 Å². The Bertz CT molecular complexity index is 647. The molecule has 0 fully saturated rings. The fourth-order valence-corrected chi connectivity index (χ4v) is 2.19. The van der Waals surface area contributed by atoms with Gasteiger partial charge in [-0.15, -0.1) is 11.3 Å². The van der Waals surface area contributed by atoms with Gasteiger partial charge < -0.3 is 5.32 Å². The molecule has 0 radical (unpaired) electrons. The molecule has 0 atom stereocenters. The summed E-state index contributed by atoms with van der Waals surface area (Å²) in [4.78, 5) is 27.8. The molecule has 0 unspecified atom stereocenters. The Morgan fingerprint density at radius 1 is 1.20 bits per heavy atom. The Balaban J connectivity index is 1.93. The van der Waals surface area contributed by atoms with Gasteiger partial charge in [-0.25, -0.2) is 4.98 Å². The molecule has 0 aliphatic rings. The van der Waals surface area contributed by atoms with E-state index >= 15 is 0 Å². The summed E-state index contributed by atoms with van der Waals surface area (Å²) in [5.74, 6) is -1.56. The second-order valence-electron chi connectivity index (χ2n) is 3.46. The van der Waals surface area contributed by atoms with Gasteiger partial charge in [-0.2, -0.15) is 5.26 Å². The summed E-state index contributed by atoms with van der Waals surface area (Å²) in [7, 11) is 0. The number of anilines is 2. The number of thiocyanates is 1. The number of thioether (sulfide) groups is 1. The van der Waals surface area contributed by atoms with Crippen molar-refractivity contribution in [3.63, 3.8) is 0 Å². The van der Waals surface area contributed by atoms with E-state index in [4.69, 9.17) is 5.26 Å². The summed E-state index contributed by atoms with van der Waals surface area (Å²) in [6.07, 6.45) is 1.53. The number of nitrogens with one attached hydrogen (secondary N) is 2. The van der Waals surface area contributed by atoms with Crippen molar-refractivity contribution < 1.29 is 9.59 Å². The van der Waals surface area contributed by atoms with Crippen LogP contribution >= 0.6 is 23.1 Å². The van der Waals surface area contributed by atoms with Gasteiger partial charge >= 0.3 is 11.8 Å². The Morgan fingerprint density at radius 2 is 1.90 bits per heavy atom. The Labute approximate surface area is 122 Å². The van der Waals surface area contributed by atoms with Crippen LogP contribution in [-0.2, 0) is 9.59 Å². The third kappa shape index (κ3) is 3.81. The van der Waals surface area contributed by atoms with Crippen molar-refractivity contribution in [2.75, 3.05) is 10.6 Å². The minimum absolute atomic E-state index is 0.367. The third-order valence-corrected chi connectivity index (χ3v) is 3.42. The van der Waals surface area contributed by atoms with Gasteiger partial charge in [0.15, 0.2) is 5.13 Å². The molecule has 0 saturated heterocycles. The molecule has 0 bridgehead atoms. The lowest BCUT2D eigenvalue weighted by molar-refractivity contribution is -0.132. The highest BCUT2D eigenvalue weighted by Gasteiger charge is 2.14. The predicted octanol–water partition coefficient (Wildman–Crippen LogP) is 2.29. The molecule has 2 N–H and O–H groups in total. The van der Waals surface area contributed by atoms with Crippen molar-refractivity contribution in [1.82, 2.24) is 4.98 Å². The van der Waals surface area contributed by atoms with Crippen LogP contribution < -0.4 is 10.6 Å². The van der Waals surface area contributed by atoms with E-state index in [1.54, 1.807) is 29.6 Å². The molecule has 6 nitrogen and oxygen atoms in total. The van der Waals surface area contributed by atoms with E-state index in [0.717, 1.165) is 16.7 Å². The maximum absolute atomic E-state index is 11.6. The van der Waals surface area contributed by atoms with Crippen LogP contribution in [0.25, 0.3) is 0 Å². The number of benzene rings is 1. The van der Waals surface area contributed by atoms with Gasteiger partial charge in [0.25, 0.3) is 0 Å². The molecule has 0 aliphatic carbocycles. The molecule has 2 aromatic rings. The zero-order valence-electron chi connectivity index (χ0n) is 9.99. The zero-order valence-corrected chi connectivity index (χ0v) is 11.6. The summed E-state index contributed by atoms with van der Waals surface area (Å²) in [5.41, 5.74) is 0.478. The fourth-order valence-electron chi connectivity index (χ4n) is 1.29. The van der Waals surface area contributed by atoms with E-state index in [1.165, 1.54) is 17.5 Å². The average molecular weight is 304 g/mol. The number of carbonyl (C=O) groups excluding carboxylic acids is 2. The van der Waals surface area contributed by atoms with E-state index in [1.807, 2.05) is 5.40 Å². The number of hydrogen-bond acceptors (Lipinski definition) is 6. The van der Waals surface area contributed by atoms with Crippen molar-refractivity contribution in [1.29, 1.82) is 5.26 Å². The van der Waals surface area contributed by atoms with Crippen LogP contribution in [0.1, 0.15) is 0 Å². The molecule has 2 rings (SSSR count). The quantitative estimate of drug-likeness (QED) is 0.515. The average Bonchev–Trinajstić information content (AvgIpc) is 2.94. The van der Waals surface area contributed by atoms with Gasteiger partial charge in [-0.1, -0.05) is 0 Å². The van der Waals surface area contributed by atoms with Crippen LogP contribution in [0.5, 0.6) is 0 Å². The number of rotatable bonds is 3. The van der Waals surface area contributed by atoms with E-state index in [9.17, 15) is 9.59 Å². The van der Waals surface area contributed by atoms with E-state index < -0.39 is 11.8 Å². The maximum atomic E-state index is 11.6. The largest absolute Gasteiger partial charge is 0.318 e. The second-order valence-corrected chi connectivity index (χ2v) is 5.22. The van der Waals surface area contributed by atoms with Crippen molar-refractivity contribution in [3.8, 4) is 5.40 Å². The third-order valence-electron chi connectivity index (χ3n) is 2.13. The van der Waals surface area contributed by atoms with E-state index in [2.05, 4.69) is 15.6 Å². The minimum Gasteiger partial charge on any atom is -0.318 e. The lowest BCUT2D eigenvalue weighted by atomic mass is 10.3. The topological polar surface area (TPSA) is 94.9 Å². The van der Waals surface area contributed by atoms with E-state index in [-0.39, 0.29) is 0 Å². The van der Waals surface area contributed by atoms with Crippen LogP contribution in [0.4, 0.5) is 10.8 Å².